The van der Waals surface area contributed by atoms with Crippen LogP contribution in [-0.4, -0.2) is 18.3 Å². The van der Waals surface area contributed by atoms with Crippen molar-refractivity contribution in [3.05, 3.63) is 29.3 Å². The largest absolute Gasteiger partial charge is 0.435 e. The molecule has 2 nitrogen and oxygen atoms in total. The van der Waals surface area contributed by atoms with E-state index in [4.69, 9.17) is 5.11 Å². The van der Waals surface area contributed by atoms with Gasteiger partial charge in [0.15, 0.2) is 0 Å². The Morgan fingerprint density at radius 1 is 1.38 bits per heavy atom. The van der Waals surface area contributed by atoms with Crippen LogP contribution in [-0.2, 0) is 5.92 Å². The van der Waals surface area contributed by atoms with E-state index in [9.17, 15) is 17.6 Å². The van der Waals surface area contributed by atoms with Gasteiger partial charge in [0, 0.05) is 5.56 Å². The van der Waals surface area contributed by atoms with Crippen LogP contribution in [0.1, 0.15) is 11.1 Å². The number of aliphatic hydroxyl groups is 1. The standard InChI is InChI=1S/C10H10F4O2/c1-6-2-3-7(10(13,14)5-15)4-8(6)16-9(11)12/h2-4,9,15H,5H2,1H3. The molecule has 0 heterocycles. The fraction of sp³-hybridized carbons (Fsp3) is 0.400. The minimum Gasteiger partial charge on any atom is -0.435 e. The lowest BCUT2D eigenvalue weighted by Crippen LogP contribution is -2.18. The highest BCUT2D eigenvalue weighted by Gasteiger charge is 2.31. The van der Waals surface area contributed by atoms with Crippen LogP contribution in [0.2, 0.25) is 0 Å². The molecule has 1 N–H and O–H groups in total. The molecule has 0 saturated heterocycles. The first kappa shape index (κ1) is 12.8. The summed E-state index contributed by atoms with van der Waals surface area (Å²) in [4.78, 5) is 0. The summed E-state index contributed by atoms with van der Waals surface area (Å²) in [5, 5.41) is 8.45. The minimum atomic E-state index is -3.46. The summed E-state index contributed by atoms with van der Waals surface area (Å²) in [5.41, 5.74) is -0.242. The summed E-state index contributed by atoms with van der Waals surface area (Å²) in [6, 6.07) is 3.10. The van der Waals surface area contributed by atoms with Gasteiger partial charge in [-0.1, -0.05) is 12.1 Å². The Morgan fingerprint density at radius 2 is 2.00 bits per heavy atom. The van der Waals surface area contributed by atoms with Crippen LogP contribution in [0.4, 0.5) is 17.6 Å². The van der Waals surface area contributed by atoms with Gasteiger partial charge in [-0.25, -0.2) is 0 Å². The van der Waals surface area contributed by atoms with E-state index in [-0.39, 0.29) is 5.75 Å². The van der Waals surface area contributed by atoms with Gasteiger partial charge in [-0.3, -0.25) is 0 Å². The van der Waals surface area contributed by atoms with E-state index < -0.39 is 24.7 Å². The Labute approximate surface area is 89.5 Å². The van der Waals surface area contributed by atoms with E-state index in [0.29, 0.717) is 5.56 Å². The Kier molecular flexibility index (Phi) is 3.74. The molecule has 1 rings (SSSR count). The van der Waals surface area contributed by atoms with Gasteiger partial charge < -0.3 is 9.84 Å². The second-order valence-corrected chi connectivity index (χ2v) is 3.22. The van der Waals surface area contributed by atoms with Crippen molar-refractivity contribution < 1.29 is 27.4 Å². The highest BCUT2D eigenvalue weighted by molar-refractivity contribution is 5.38. The topological polar surface area (TPSA) is 29.5 Å². The lowest BCUT2D eigenvalue weighted by Gasteiger charge is -2.16. The van der Waals surface area contributed by atoms with Gasteiger partial charge in [-0.15, -0.1) is 0 Å². The van der Waals surface area contributed by atoms with Gasteiger partial charge >= 0.3 is 6.61 Å². The molecular weight excluding hydrogens is 228 g/mol. The van der Waals surface area contributed by atoms with Gasteiger partial charge in [0.1, 0.15) is 12.4 Å². The third-order valence-electron chi connectivity index (χ3n) is 2.03. The Hall–Kier alpha value is -1.30. The highest BCUT2D eigenvalue weighted by Crippen LogP contribution is 2.31. The molecule has 0 amide bonds. The van der Waals surface area contributed by atoms with Gasteiger partial charge in [0.2, 0.25) is 0 Å². The maximum absolute atomic E-state index is 13.0. The van der Waals surface area contributed by atoms with Crippen LogP contribution in [0.25, 0.3) is 0 Å². The number of aryl methyl sites for hydroxylation is 1. The second kappa shape index (κ2) is 4.69. The van der Waals surface area contributed by atoms with Crippen molar-refractivity contribution in [3.63, 3.8) is 0 Å². The molecule has 0 saturated carbocycles. The smallest absolute Gasteiger partial charge is 0.387 e. The van der Waals surface area contributed by atoms with Crippen molar-refractivity contribution >= 4 is 0 Å². The number of alkyl halides is 4. The third kappa shape index (κ3) is 2.85. The number of benzene rings is 1. The molecular formula is C10H10F4O2. The van der Waals surface area contributed by atoms with E-state index in [1.165, 1.54) is 13.0 Å². The molecule has 0 bridgehead atoms. The van der Waals surface area contributed by atoms with Gasteiger partial charge in [-0.05, 0) is 18.6 Å². The van der Waals surface area contributed by atoms with E-state index >= 15 is 0 Å². The molecule has 0 aromatic heterocycles. The predicted molar refractivity (Wildman–Crippen MR) is 48.8 cm³/mol. The Morgan fingerprint density at radius 3 is 2.50 bits per heavy atom. The van der Waals surface area contributed by atoms with E-state index in [1.54, 1.807) is 0 Å². The van der Waals surface area contributed by atoms with Crippen LogP contribution in [0.5, 0.6) is 5.75 Å². The highest BCUT2D eigenvalue weighted by atomic mass is 19.3. The fourth-order valence-electron chi connectivity index (χ4n) is 1.14. The zero-order valence-corrected chi connectivity index (χ0v) is 8.38. The molecule has 0 fully saturated rings. The zero-order chi connectivity index (χ0) is 12.3. The summed E-state index contributed by atoms with van der Waals surface area (Å²) in [5.74, 6) is -3.78. The Balaban J connectivity index is 3.07. The normalized spacial score (nSPS) is 11.9. The molecule has 90 valence electrons. The first-order chi connectivity index (χ1) is 7.36. The van der Waals surface area contributed by atoms with Crippen LogP contribution >= 0.6 is 0 Å². The first-order valence-corrected chi connectivity index (χ1v) is 4.41. The average Bonchev–Trinajstić information content (AvgIpc) is 2.20. The SMILES string of the molecule is Cc1ccc(C(F)(F)CO)cc1OC(F)F. The summed E-state index contributed by atoms with van der Waals surface area (Å²) in [6.07, 6.45) is 0. The lowest BCUT2D eigenvalue weighted by molar-refractivity contribution is -0.0595. The zero-order valence-electron chi connectivity index (χ0n) is 8.38. The first-order valence-electron chi connectivity index (χ1n) is 4.41. The van der Waals surface area contributed by atoms with E-state index in [2.05, 4.69) is 4.74 Å². The van der Waals surface area contributed by atoms with E-state index in [0.717, 1.165) is 12.1 Å². The summed E-state index contributed by atoms with van der Waals surface area (Å²) in [7, 11) is 0. The predicted octanol–water partition coefficient (Wildman–Crippen LogP) is 2.68. The molecule has 6 heteroatoms. The molecule has 0 radical (unpaired) electrons. The summed E-state index contributed by atoms with van der Waals surface area (Å²) < 4.78 is 54.1. The van der Waals surface area contributed by atoms with Gasteiger partial charge in [0.25, 0.3) is 5.92 Å². The molecule has 0 aliphatic rings. The van der Waals surface area contributed by atoms with Crippen molar-refractivity contribution in [3.8, 4) is 5.75 Å². The maximum Gasteiger partial charge on any atom is 0.387 e. The number of halogens is 4. The van der Waals surface area contributed by atoms with Gasteiger partial charge in [-0.2, -0.15) is 17.6 Å². The molecule has 16 heavy (non-hydrogen) atoms. The van der Waals surface area contributed by atoms with Crippen molar-refractivity contribution in [2.45, 2.75) is 19.5 Å². The summed E-state index contributed by atoms with van der Waals surface area (Å²) in [6.45, 7) is -3.00. The van der Waals surface area contributed by atoms with Crippen LogP contribution in [0, 0.1) is 6.92 Å². The Bertz CT molecular complexity index is 366. The third-order valence-corrected chi connectivity index (χ3v) is 2.03. The molecule has 1 aromatic rings. The number of hydrogen-bond acceptors (Lipinski definition) is 2. The van der Waals surface area contributed by atoms with Crippen molar-refractivity contribution in [2.75, 3.05) is 6.61 Å². The average molecular weight is 238 g/mol. The number of aliphatic hydroxyl groups excluding tert-OH is 1. The van der Waals surface area contributed by atoms with Gasteiger partial charge in [0.05, 0.1) is 0 Å². The lowest BCUT2D eigenvalue weighted by atomic mass is 10.1. The summed E-state index contributed by atoms with van der Waals surface area (Å²) >= 11 is 0. The molecule has 1 aromatic carbocycles. The van der Waals surface area contributed by atoms with Crippen molar-refractivity contribution in [1.82, 2.24) is 0 Å². The van der Waals surface area contributed by atoms with E-state index in [1.807, 2.05) is 0 Å². The number of ether oxygens (including phenoxy) is 1. The fourth-order valence-corrected chi connectivity index (χ4v) is 1.14. The molecule has 0 unspecified atom stereocenters. The molecule has 0 spiro atoms. The molecule has 0 aliphatic heterocycles. The van der Waals surface area contributed by atoms with Crippen LogP contribution in [0.15, 0.2) is 18.2 Å². The number of hydrogen-bond donors (Lipinski definition) is 1. The monoisotopic (exact) mass is 238 g/mol. The van der Waals surface area contributed by atoms with Crippen LogP contribution in [0.3, 0.4) is 0 Å². The quantitative estimate of drug-likeness (QED) is 0.817. The molecule has 0 aliphatic carbocycles. The van der Waals surface area contributed by atoms with Crippen molar-refractivity contribution in [1.29, 1.82) is 0 Å². The number of rotatable bonds is 4. The maximum atomic E-state index is 13.0. The van der Waals surface area contributed by atoms with Crippen molar-refractivity contribution in [2.24, 2.45) is 0 Å². The minimum absolute atomic E-state index is 0.317. The second-order valence-electron chi connectivity index (χ2n) is 3.22. The molecule has 0 atom stereocenters. The van der Waals surface area contributed by atoms with Crippen LogP contribution < -0.4 is 4.74 Å².